The Balaban J connectivity index is 1.81. The van der Waals surface area contributed by atoms with Crippen LogP contribution in [0.2, 0.25) is 0 Å². The van der Waals surface area contributed by atoms with Crippen molar-refractivity contribution in [1.82, 2.24) is 10.2 Å². The van der Waals surface area contributed by atoms with Gasteiger partial charge in [0.1, 0.15) is 0 Å². The molecule has 2 N–H and O–H groups in total. The van der Waals surface area contributed by atoms with Crippen molar-refractivity contribution in [3.63, 3.8) is 0 Å². The molecule has 0 saturated carbocycles. The van der Waals surface area contributed by atoms with Crippen molar-refractivity contribution in [2.24, 2.45) is 5.92 Å². The third-order valence-corrected chi connectivity index (χ3v) is 4.74. The minimum atomic E-state index is -0.104. The van der Waals surface area contributed by atoms with Gasteiger partial charge in [-0.05, 0) is 43.4 Å². The van der Waals surface area contributed by atoms with E-state index in [1.807, 2.05) is 42.2 Å². The van der Waals surface area contributed by atoms with Gasteiger partial charge < -0.3 is 15.5 Å². The zero-order valence-electron chi connectivity index (χ0n) is 16.2. The van der Waals surface area contributed by atoms with Crippen molar-refractivity contribution in [3.05, 3.63) is 59.5 Å². The second-order valence-electron chi connectivity index (χ2n) is 7.39. The molecule has 0 spiro atoms. The first kappa shape index (κ1) is 19.0. The summed E-state index contributed by atoms with van der Waals surface area (Å²) >= 11 is 0. The molecule has 1 fully saturated rings. The van der Waals surface area contributed by atoms with Gasteiger partial charge in [0.25, 0.3) is 5.91 Å². The normalized spacial score (nSPS) is 18.5. The van der Waals surface area contributed by atoms with E-state index >= 15 is 0 Å². The molecule has 0 bridgehead atoms. The summed E-state index contributed by atoms with van der Waals surface area (Å²) in [7, 11) is 0. The van der Waals surface area contributed by atoms with E-state index in [0.717, 1.165) is 48.4 Å². The molecule has 1 saturated heterocycles. The summed E-state index contributed by atoms with van der Waals surface area (Å²) < 4.78 is 0. The highest BCUT2D eigenvalue weighted by Gasteiger charge is 2.25. The molecule has 1 aromatic carbocycles. The van der Waals surface area contributed by atoms with Gasteiger partial charge in [0.2, 0.25) is 5.91 Å². The number of benzene rings is 1. The van der Waals surface area contributed by atoms with Crippen LogP contribution in [0.3, 0.4) is 0 Å². The molecular weight excluding hydrogens is 338 g/mol. The molecule has 0 atom stereocenters. The van der Waals surface area contributed by atoms with E-state index in [1.54, 1.807) is 12.3 Å². The molecular formula is C22H27N3O2. The largest absolute Gasteiger partial charge is 0.362 e. The van der Waals surface area contributed by atoms with Gasteiger partial charge in [-0.3, -0.25) is 9.59 Å². The van der Waals surface area contributed by atoms with E-state index in [1.165, 1.54) is 0 Å². The first-order chi connectivity index (χ1) is 13.0. The second-order valence-corrected chi connectivity index (χ2v) is 7.39. The lowest BCUT2D eigenvalue weighted by Crippen LogP contribution is -2.26. The molecule has 2 heterocycles. The molecule has 5 nitrogen and oxygen atoms in total. The Labute approximate surface area is 160 Å². The Bertz CT molecular complexity index is 828. The topological polar surface area (TPSA) is 61.4 Å². The first-order valence-electron chi connectivity index (χ1n) is 9.52. The van der Waals surface area contributed by atoms with E-state index in [9.17, 15) is 9.59 Å². The third-order valence-electron chi connectivity index (χ3n) is 4.74. The van der Waals surface area contributed by atoms with Crippen LogP contribution in [0.4, 0.5) is 5.69 Å². The fourth-order valence-corrected chi connectivity index (χ4v) is 3.47. The molecule has 2 amide bonds. The van der Waals surface area contributed by atoms with Crippen LogP contribution in [0, 0.1) is 12.8 Å². The average molecular weight is 365 g/mol. The monoisotopic (exact) mass is 365 g/mol. The third kappa shape index (κ3) is 4.48. The first-order valence-corrected chi connectivity index (χ1v) is 9.52. The summed E-state index contributed by atoms with van der Waals surface area (Å²) in [5.74, 6) is 0.220. The number of amides is 2. The summed E-state index contributed by atoms with van der Waals surface area (Å²) in [6, 6.07) is 5.85. The summed E-state index contributed by atoms with van der Waals surface area (Å²) in [6.45, 7) is 7.82. The standard InChI is InChI=1S/C22H27N3O2/c1-15(2)13-17(23-10-9-20(26)25-11-4-5-12-25)14-18-21-16(3)7-6-8-19(21)24-22(18)27/h6-10,13-15,23H,4-5,11-12H2,1-3H3,(H,24,27)/b10-9+,17-13?,18-14-. The van der Waals surface area contributed by atoms with E-state index in [2.05, 4.69) is 24.5 Å². The molecule has 2 aliphatic rings. The van der Waals surface area contributed by atoms with Crippen molar-refractivity contribution in [2.45, 2.75) is 33.6 Å². The zero-order chi connectivity index (χ0) is 19.4. The van der Waals surface area contributed by atoms with Gasteiger partial charge in [-0.15, -0.1) is 0 Å². The molecule has 142 valence electrons. The lowest BCUT2D eigenvalue weighted by molar-refractivity contribution is -0.125. The van der Waals surface area contributed by atoms with Crippen LogP contribution in [0.25, 0.3) is 5.57 Å². The molecule has 0 aromatic heterocycles. The lowest BCUT2D eigenvalue weighted by Gasteiger charge is -2.12. The van der Waals surface area contributed by atoms with Crippen molar-refractivity contribution < 1.29 is 9.59 Å². The fourth-order valence-electron chi connectivity index (χ4n) is 3.47. The maximum Gasteiger partial charge on any atom is 0.256 e. The smallest absolute Gasteiger partial charge is 0.256 e. The van der Waals surface area contributed by atoms with Crippen molar-refractivity contribution in [1.29, 1.82) is 0 Å². The number of fused-ring (bicyclic) bond motifs is 1. The Morgan fingerprint density at radius 3 is 2.70 bits per heavy atom. The summed E-state index contributed by atoms with van der Waals surface area (Å²) in [4.78, 5) is 26.5. The van der Waals surface area contributed by atoms with Gasteiger partial charge in [-0.1, -0.05) is 32.1 Å². The number of carbonyl (C=O) groups excluding carboxylic acids is 2. The Morgan fingerprint density at radius 2 is 2.00 bits per heavy atom. The maximum absolute atomic E-state index is 12.4. The number of likely N-dealkylation sites (tertiary alicyclic amines) is 1. The number of carbonyl (C=O) groups is 2. The van der Waals surface area contributed by atoms with Crippen molar-refractivity contribution >= 4 is 23.1 Å². The maximum atomic E-state index is 12.4. The number of nitrogens with zero attached hydrogens (tertiary/aromatic N) is 1. The number of anilines is 1. The molecule has 27 heavy (non-hydrogen) atoms. The van der Waals surface area contributed by atoms with Crippen molar-refractivity contribution in [3.8, 4) is 0 Å². The highest BCUT2D eigenvalue weighted by atomic mass is 16.2. The van der Waals surface area contributed by atoms with Crippen LogP contribution in [0.1, 0.15) is 37.8 Å². The molecule has 0 radical (unpaired) electrons. The highest BCUT2D eigenvalue weighted by molar-refractivity contribution is 6.32. The molecule has 1 aromatic rings. The van der Waals surface area contributed by atoms with Crippen LogP contribution >= 0.6 is 0 Å². The predicted molar refractivity (Wildman–Crippen MR) is 109 cm³/mol. The van der Waals surface area contributed by atoms with Gasteiger partial charge in [0.15, 0.2) is 0 Å². The van der Waals surface area contributed by atoms with Crippen LogP contribution in [0.15, 0.2) is 48.3 Å². The van der Waals surface area contributed by atoms with Crippen LogP contribution in [-0.2, 0) is 9.59 Å². The summed E-state index contributed by atoms with van der Waals surface area (Å²) in [5, 5.41) is 6.10. The minimum absolute atomic E-state index is 0.0244. The Hall–Kier alpha value is -2.82. The van der Waals surface area contributed by atoms with Gasteiger partial charge in [0, 0.05) is 42.3 Å². The number of rotatable bonds is 5. The van der Waals surface area contributed by atoms with Crippen LogP contribution in [0.5, 0.6) is 0 Å². The number of nitrogens with one attached hydrogen (secondary N) is 2. The minimum Gasteiger partial charge on any atom is -0.362 e. The van der Waals surface area contributed by atoms with Gasteiger partial charge >= 0.3 is 0 Å². The van der Waals surface area contributed by atoms with Crippen LogP contribution < -0.4 is 10.6 Å². The van der Waals surface area contributed by atoms with Gasteiger partial charge in [-0.25, -0.2) is 0 Å². The zero-order valence-corrected chi connectivity index (χ0v) is 16.2. The fraction of sp³-hybridized carbons (Fsp3) is 0.364. The predicted octanol–water partition coefficient (Wildman–Crippen LogP) is 3.60. The molecule has 5 heteroatoms. The Morgan fingerprint density at radius 1 is 1.26 bits per heavy atom. The van der Waals surface area contributed by atoms with E-state index < -0.39 is 0 Å². The quantitative estimate of drug-likeness (QED) is 0.784. The molecule has 0 unspecified atom stereocenters. The van der Waals surface area contributed by atoms with Crippen LogP contribution in [-0.4, -0.2) is 29.8 Å². The molecule has 3 rings (SSSR count). The average Bonchev–Trinajstić information content (AvgIpc) is 3.23. The Kier molecular flexibility index (Phi) is 5.79. The van der Waals surface area contributed by atoms with Gasteiger partial charge in [-0.2, -0.15) is 0 Å². The number of aryl methyl sites for hydroxylation is 1. The second kappa shape index (κ2) is 8.25. The van der Waals surface area contributed by atoms with E-state index in [0.29, 0.717) is 11.5 Å². The SMILES string of the molecule is Cc1cccc2c1/C(=C/C(=CC(C)C)N/C=C/C(=O)N1CCCC1)C(=O)N2. The highest BCUT2D eigenvalue weighted by Crippen LogP contribution is 2.34. The lowest BCUT2D eigenvalue weighted by atomic mass is 10.00. The van der Waals surface area contributed by atoms with Crippen molar-refractivity contribution in [2.75, 3.05) is 18.4 Å². The molecule has 0 aliphatic carbocycles. The molecule has 2 aliphatic heterocycles. The number of hydrogen-bond donors (Lipinski definition) is 2. The number of allylic oxidation sites excluding steroid dienone is 2. The van der Waals surface area contributed by atoms with E-state index in [4.69, 9.17) is 0 Å². The number of hydrogen-bond acceptors (Lipinski definition) is 3. The van der Waals surface area contributed by atoms with E-state index in [-0.39, 0.29) is 11.8 Å². The summed E-state index contributed by atoms with van der Waals surface area (Å²) in [6.07, 6.45) is 9.28. The van der Waals surface area contributed by atoms with Gasteiger partial charge in [0.05, 0.1) is 5.57 Å². The summed E-state index contributed by atoms with van der Waals surface area (Å²) in [5.41, 5.74) is 4.28.